The van der Waals surface area contributed by atoms with Crippen LogP contribution in [0.2, 0.25) is 0 Å². The van der Waals surface area contributed by atoms with Gasteiger partial charge in [-0.05, 0) is 54.8 Å². The number of hydrogen-bond acceptors (Lipinski definition) is 3. The minimum Gasteiger partial charge on any atom is -1.00 e. The zero-order valence-corrected chi connectivity index (χ0v) is 17.6. The number of carbonyl (C=O) groups excluding carboxylic acids is 2. The van der Waals surface area contributed by atoms with Crippen molar-refractivity contribution in [3.05, 3.63) is 71.0 Å². The molecule has 2 aromatic carbocycles. The Bertz CT molecular complexity index is 1030. The van der Waals surface area contributed by atoms with Crippen LogP contribution in [0.3, 0.4) is 0 Å². The van der Waals surface area contributed by atoms with Crippen LogP contribution in [0.4, 0.5) is 4.39 Å². The van der Waals surface area contributed by atoms with E-state index in [9.17, 15) is 14.0 Å². The minimum atomic E-state index is -0.395. The summed E-state index contributed by atoms with van der Waals surface area (Å²) in [5.74, 6) is -1.05. The summed E-state index contributed by atoms with van der Waals surface area (Å²) in [7, 11) is 0. The van der Waals surface area contributed by atoms with Crippen LogP contribution in [0.1, 0.15) is 35.6 Å². The van der Waals surface area contributed by atoms with E-state index < -0.39 is 5.92 Å². The summed E-state index contributed by atoms with van der Waals surface area (Å²) in [5, 5.41) is 5.68. The molecule has 162 valence electrons. The number of nitrogens with two attached hydrogens (primary N) is 2. The Morgan fingerprint density at radius 1 is 1.03 bits per heavy atom. The lowest BCUT2D eigenvalue weighted by atomic mass is 9.85. The van der Waals surface area contributed by atoms with Crippen LogP contribution in [-0.2, 0) is 16.1 Å². The van der Waals surface area contributed by atoms with Crippen molar-refractivity contribution in [2.24, 2.45) is 17.6 Å². The van der Waals surface area contributed by atoms with Crippen molar-refractivity contribution >= 4 is 17.6 Å². The number of imide groups is 1. The molecule has 0 aromatic heterocycles. The number of amidine groups is 1. The quantitative estimate of drug-likeness (QED) is 0.314. The molecule has 8 heteroatoms. The lowest BCUT2D eigenvalue weighted by Gasteiger charge is -2.29. The van der Waals surface area contributed by atoms with Crippen molar-refractivity contribution in [1.82, 2.24) is 9.80 Å². The van der Waals surface area contributed by atoms with Crippen LogP contribution in [0.5, 0.6) is 0 Å². The van der Waals surface area contributed by atoms with Crippen molar-refractivity contribution < 1.29 is 31.8 Å². The van der Waals surface area contributed by atoms with Crippen molar-refractivity contribution in [2.45, 2.75) is 31.5 Å². The Labute approximate surface area is 186 Å². The molecule has 3 saturated heterocycles. The normalized spacial score (nSPS) is 27.2. The number of carbonyl (C=O) groups is 2. The predicted octanol–water partition coefficient (Wildman–Crippen LogP) is -2.39. The van der Waals surface area contributed by atoms with E-state index in [0.29, 0.717) is 0 Å². The van der Waals surface area contributed by atoms with Crippen LogP contribution < -0.4 is 23.5 Å². The zero-order chi connectivity index (χ0) is 21.0. The maximum Gasteiger partial charge on any atom is 0.270 e. The second-order valence-corrected chi connectivity index (χ2v) is 8.41. The fourth-order valence-corrected chi connectivity index (χ4v) is 5.46. The van der Waals surface area contributed by atoms with Gasteiger partial charge in [0.2, 0.25) is 11.8 Å². The van der Waals surface area contributed by atoms with E-state index in [1.807, 2.05) is 24.3 Å². The standard InChI is InChI=1S/C23H23FN4O2.ClH/c24-16-9-3-13(4-10-16)12-28-22(29)18-17-2-1-11-27(17)20(19(18)23(28)30)14-5-7-15(8-6-14)21(25)26;/h3-10,17-20H,1-2,11-12H2,(H3,25,26);1H/t17?,18-,19-,20-;/m0./s1. The molecule has 3 fully saturated rings. The highest BCUT2D eigenvalue weighted by Crippen LogP contribution is 2.53. The summed E-state index contributed by atoms with van der Waals surface area (Å²) >= 11 is 0. The Kier molecular flexibility index (Phi) is 5.58. The molecule has 1 unspecified atom stereocenters. The molecule has 3 aliphatic rings. The van der Waals surface area contributed by atoms with Crippen LogP contribution >= 0.6 is 0 Å². The summed E-state index contributed by atoms with van der Waals surface area (Å²) < 4.78 is 13.2. The van der Waals surface area contributed by atoms with Gasteiger partial charge in [0.15, 0.2) is 0 Å². The lowest BCUT2D eigenvalue weighted by Crippen LogP contribution is -3.00. The smallest absolute Gasteiger partial charge is 0.270 e. The summed E-state index contributed by atoms with van der Waals surface area (Å²) in [6, 6.07) is 13.5. The second-order valence-electron chi connectivity index (χ2n) is 8.41. The molecular weight excluding hydrogens is 419 g/mol. The van der Waals surface area contributed by atoms with Gasteiger partial charge in [-0.25, -0.2) is 4.39 Å². The van der Waals surface area contributed by atoms with Crippen molar-refractivity contribution in [3.8, 4) is 0 Å². The summed E-state index contributed by atoms with van der Waals surface area (Å²) in [6.07, 6.45) is 1.94. The molecule has 5 rings (SSSR count). The van der Waals surface area contributed by atoms with Crippen LogP contribution in [0, 0.1) is 17.7 Å². The van der Waals surface area contributed by atoms with E-state index in [1.165, 1.54) is 17.0 Å². The molecule has 0 saturated carbocycles. The Morgan fingerprint density at radius 2 is 1.68 bits per heavy atom. The molecule has 2 aromatic rings. The number of likely N-dealkylation sites (tertiary alicyclic amines) is 1. The third-order valence-electron chi connectivity index (χ3n) is 6.78. The summed E-state index contributed by atoms with van der Waals surface area (Å²) in [4.78, 5) is 30.4. The molecule has 31 heavy (non-hydrogen) atoms. The van der Waals surface area contributed by atoms with Gasteiger partial charge < -0.3 is 12.4 Å². The van der Waals surface area contributed by atoms with E-state index in [1.54, 1.807) is 12.1 Å². The second kappa shape index (κ2) is 8.05. The topological polar surface area (TPSA) is 92.2 Å². The number of fused-ring (bicyclic) bond motifs is 3. The fourth-order valence-electron chi connectivity index (χ4n) is 5.46. The Hall–Kier alpha value is -2.77. The number of nitrogens with zero attached hydrogens (tertiary/aromatic N) is 2. The Balaban J connectivity index is 0.00000231. The lowest BCUT2D eigenvalue weighted by molar-refractivity contribution is -0.142. The molecule has 3 heterocycles. The first-order chi connectivity index (χ1) is 14.5. The molecular formula is C23H24ClFN4O2. The molecule has 0 aliphatic carbocycles. The largest absolute Gasteiger partial charge is 1.00 e. The van der Waals surface area contributed by atoms with Crippen molar-refractivity contribution in [3.63, 3.8) is 0 Å². The molecule has 6 nitrogen and oxygen atoms in total. The molecule has 0 spiro atoms. The van der Waals surface area contributed by atoms with E-state index in [0.717, 1.165) is 36.1 Å². The monoisotopic (exact) mass is 442 g/mol. The number of amides is 2. The van der Waals surface area contributed by atoms with E-state index in [4.69, 9.17) is 11.1 Å². The van der Waals surface area contributed by atoms with E-state index in [2.05, 4.69) is 4.90 Å². The van der Waals surface area contributed by atoms with Gasteiger partial charge in [-0.1, -0.05) is 24.3 Å². The highest BCUT2D eigenvalue weighted by atomic mass is 35.5. The number of benzene rings is 2. The van der Waals surface area contributed by atoms with Crippen molar-refractivity contribution in [2.75, 3.05) is 6.54 Å². The SMILES string of the molecule is NC(=[NH2+])c1ccc([C@H]2[C@H]3C(=O)N(Cc4ccc(F)cc4)C(=O)[C@H]3C3CCCN32)cc1.[Cl-]. The maximum atomic E-state index is 13.4. The van der Waals surface area contributed by atoms with Gasteiger partial charge in [0.1, 0.15) is 5.82 Å². The van der Waals surface area contributed by atoms with Gasteiger partial charge in [-0.2, -0.15) is 0 Å². The first-order valence-electron chi connectivity index (χ1n) is 10.3. The molecule has 0 bridgehead atoms. The third-order valence-corrected chi connectivity index (χ3v) is 6.78. The highest BCUT2D eigenvalue weighted by Gasteiger charge is 2.62. The summed E-state index contributed by atoms with van der Waals surface area (Å²) in [5.41, 5.74) is 8.18. The molecule has 0 radical (unpaired) electrons. The van der Waals surface area contributed by atoms with E-state index >= 15 is 0 Å². The molecule has 4 N–H and O–H groups in total. The number of rotatable bonds is 4. The number of hydrogen-bond donors (Lipinski definition) is 2. The van der Waals surface area contributed by atoms with Gasteiger partial charge in [-0.15, -0.1) is 0 Å². The third kappa shape index (κ3) is 3.42. The first kappa shape index (κ1) is 21.5. The average Bonchev–Trinajstić information content (AvgIpc) is 3.38. The first-order valence-corrected chi connectivity index (χ1v) is 10.3. The maximum absolute atomic E-state index is 13.4. The van der Waals surface area contributed by atoms with Crippen LogP contribution in [0.25, 0.3) is 0 Å². The highest BCUT2D eigenvalue weighted by molar-refractivity contribution is 6.06. The minimum absolute atomic E-state index is 0. The molecule has 4 atom stereocenters. The van der Waals surface area contributed by atoms with Gasteiger partial charge in [0, 0.05) is 12.1 Å². The van der Waals surface area contributed by atoms with E-state index in [-0.39, 0.29) is 60.4 Å². The van der Waals surface area contributed by atoms with Gasteiger partial charge in [0.05, 0.1) is 23.9 Å². The zero-order valence-electron chi connectivity index (χ0n) is 16.9. The molecule has 3 aliphatic heterocycles. The van der Waals surface area contributed by atoms with Crippen molar-refractivity contribution in [1.29, 1.82) is 0 Å². The molecule has 2 amide bonds. The van der Waals surface area contributed by atoms with Crippen LogP contribution in [0.15, 0.2) is 48.5 Å². The predicted molar refractivity (Wildman–Crippen MR) is 108 cm³/mol. The van der Waals surface area contributed by atoms with Crippen LogP contribution in [-0.4, -0.2) is 40.0 Å². The Morgan fingerprint density at radius 3 is 2.32 bits per heavy atom. The fraction of sp³-hybridized carbons (Fsp3) is 0.348. The summed E-state index contributed by atoms with van der Waals surface area (Å²) in [6.45, 7) is 1.07. The van der Waals surface area contributed by atoms with Gasteiger partial charge in [0.25, 0.3) is 5.84 Å². The van der Waals surface area contributed by atoms with Gasteiger partial charge in [-0.3, -0.25) is 30.5 Å². The average molecular weight is 443 g/mol. The van der Waals surface area contributed by atoms with Gasteiger partial charge >= 0.3 is 0 Å². The number of halogens is 2.